The topological polar surface area (TPSA) is 55.1 Å². The van der Waals surface area contributed by atoms with E-state index in [0.29, 0.717) is 12.3 Å². The summed E-state index contributed by atoms with van der Waals surface area (Å²) in [5.41, 5.74) is 2.27. The molecule has 4 nitrogen and oxygen atoms in total. The summed E-state index contributed by atoms with van der Waals surface area (Å²) in [4.78, 5) is 10.6. The molecule has 0 saturated heterocycles. The molecule has 1 aromatic rings. The molecule has 1 saturated carbocycles. The number of nitrogens with zero attached hydrogens (tertiary/aromatic N) is 2. The number of carboxylic acid groups (broad SMARTS) is 1. The molecule has 0 bridgehead atoms. The van der Waals surface area contributed by atoms with Crippen molar-refractivity contribution in [3.05, 3.63) is 17.5 Å². The lowest BCUT2D eigenvalue weighted by atomic mass is 9.84. The van der Waals surface area contributed by atoms with Gasteiger partial charge in [0.25, 0.3) is 0 Å². The van der Waals surface area contributed by atoms with Crippen molar-refractivity contribution in [3.63, 3.8) is 0 Å². The average molecular weight is 236 g/mol. The van der Waals surface area contributed by atoms with Gasteiger partial charge in [-0.25, -0.2) is 0 Å². The van der Waals surface area contributed by atoms with Crippen LogP contribution in [0.2, 0.25) is 0 Å². The van der Waals surface area contributed by atoms with Crippen LogP contribution < -0.4 is 0 Å². The van der Waals surface area contributed by atoms with Gasteiger partial charge >= 0.3 is 5.97 Å². The molecule has 0 aromatic carbocycles. The summed E-state index contributed by atoms with van der Waals surface area (Å²) in [6.45, 7) is 0. The van der Waals surface area contributed by atoms with E-state index < -0.39 is 5.97 Å². The van der Waals surface area contributed by atoms with E-state index >= 15 is 0 Å². The van der Waals surface area contributed by atoms with Crippen LogP contribution in [0.1, 0.15) is 55.7 Å². The Hall–Kier alpha value is -1.32. The van der Waals surface area contributed by atoms with Crippen LogP contribution in [0, 0.1) is 0 Å². The third-order valence-electron chi connectivity index (χ3n) is 3.56. The van der Waals surface area contributed by atoms with E-state index in [0.717, 1.165) is 5.69 Å². The molecule has 4 heteroatoms. The average Bonchev–Trinajstić information content (AvgIpc) is 2.69. The molecule has 2 rings (SSSR count). The number of aromatic nitrogens is 2. The fraction of sp³-hybridized carbons (Fsp3) is 0.692. The Bertz CT molecular complexity index is 392. The minimum Gasteiger partial charge on any atom is -0.481 e. The van der Waals surface area contributed by atoms with Gasteiger partial charge in [0.2, 0.25) is 0 Å². The van der Waals surface area contributed by atoms with Gasteiger partial charge in [-0.15, -0.1) is 0 Å². The van der Waals surface area contributed by atoms with Crippen molar-refractivity contribution in [2.45, 2.75) is 50.9 Å². The zero-order chi connectivity index (χ0) is 12.3. The maximum atomic E-state index is 10.6. The first-order valence-electron chi connectivity index (χ1n) is 6.41. The monoisotopic (exact) mass is 236 g/mol. The first-order valence-corrected chi connectivity index (χ1v) is 6.41. The molecule has 0 amide bonds. The number of carbonyl (C=O) groups is 1. The molecule has 1 aromatic heterocycles. The second kappa shape index (κ2) is 5.34. The maximum absolute atomic E-state index is 10.6. The second-order valence-electron chi connectivity index (χ2n) is 4.93. The smallest absolute Gasteiger partial charge is 0.303 e. The van der Waals surface area contributed by atoms with Crippen LogP contribution >= 0.6 is 0 Å². The van der Waals surface area contributed by atoms with Gasteiger partial charge in [0, 0.05) is 19.7 Å². The first-order chi connectivity index (χ1) is 8.16. The Morgan fingerprint density at radius 3 is 2.82 bits per heavy atom. The van der Waals surface area contributed by atoms with E-state index in [9.17, 15) is 4.79 Å². The third-order valence-corrected chi connectivity index (χ3v) is 3.56. The highest BCUT2D eigenvalue weighted by Crippen LogP contribution is 2.34. The van der Waals surface area contributed by atoms with Crippen molar-refractivity contribution in [3.8, 4) is 0 Å². The normalized spacial score (nSPS) is 17.2. The van der Waals surface area contributed by atoms with Crippen LogP contribution in [0.4, 0.5) is 0 Å². The van der Waals surface area contributed by atoms with E-state index in [1.54, 1.807) is 0 Å². The minimum atomic E-state index is -0.745. The van der Waals surface area contributed by atoms with E-state index in [1.165, 1.54) is 37.7 Å². The van der Waals surface area contributed by atoms with Crippen molar-refractivity contribution in [2.24, 2.45) is 7.05 Å². The summed E-state index contributed by atoms with van der Waals surface area (Å²) < 4.78 is 1.82. The van der Waals surface area contributed by atoms with Crippen LogP contribution in [-0.2, 0) is 18.3 Å². The summed E-state index contributed by atoms with van der Waals surface area (Å²) in [6.07, 6.45) is 9.18. The Kier molecular flexibility index (Phi) is 3.82. The van der Waals surface area contributed by atoms with Crippen molar-refractivity contribution < 1.29 is 9.90 Å². The lowest BCUT2D eigenvalue weighted by Gasteiger charge is -2.21. The Balaban J connectivity index is 2.11. The van der Waals surface area contributed by atoms with Crippen LogP contribution in [0.5, 0.6) is 0 Å². The number of hydrogen-bond donors (Lipinski definition) is 1. The Morgan fingerprint density at radius 1 is 1.47 bits per heavy atom. The molecule has 0 unspecified atom stereocenters. The van der Waals surface area contributed by atoms with Crippen molar-refractivity contribution >= 4 is 5.97 Å². The highest BCUT2D eigenvalue weighted by molar-refractivity contribution is 5.67. The van der Waals surface area contributed by atoms with Crippen LogP contribution in [0.15, 0.2) is 6.20 Å². The maximum Gasteiger partial charge on any atom is 0.303 e. The van der Waals surface area contributed by atoms with Crippen molar-refractivity contribution in [1.82, 2.24) is 9.78 Å². The molecule has 1 fully saturated rings. The zero-order valence-electron chi connectivity index (χ0n) is 10.4. The number of hydrogen-bond acceptors (Lipinski definition) is 2. The lowest BCUT2D eigenvalue weighted by molar-refractivity contribution is -0.136. The van der Waals surface area contributed by atoms with Crippen molar-refractivity contribution in [1.29, 1.82) is 0 Å². The highest BCUT2D eigenvalue weighted by Gasteiger charge is 2.21. The fourth-order valence-electron chi connectivity index (χ4n) is 2.73. The van der Waals surface area contributed by atoms with Crippen molar-refractivity contribution in [2.75, 3.05) is 0 Å². The van der Waals surface area contributed by atoms with Gasteiger partial charge in [0.1, 0.15) is 0 Å². The standard InChI is InChI=1S/C13H20N2O2/c1-15-9-11(10-5-3-2-4-6-10)12(14-15)7-8-13(16)17/h9-10H,2-8H2,1H3,(H,16,17). The SMILES string of the molecule is Cn1cc(C2CCCCC2)c(CCC(=O)O)n1. The first kappa shape index (κ1) is 12.1. The quantitative estimate of drug-likeness (QED) is 0.873. The summed E-state index contributed by atoms with van der Waals surface area (Å²) in [5, 5.41) is 13.2. The minimum absolute atomic E-state index is 0.177. The largest absolute Gasteiger partial charge is 0.481 e. The van der Waals surface area contributed by atoms with Gasteiger partial charge in [-0.1, -0.05) is 19.3 Å². The van der Waals surface area contributed by atoms with Crippen LogP contribution in [-0.4, -0.2) is 20.9 Å². The van der Waals surface area contributed by atoms with Gasteiger partial charge in [-0.2, -0.15) is 5.10 Å². The molecular weight excluding hydrogens is 216 g/mol. The van der Waals surface area contributed by atoms with Crippen LogP contribution in [0.3, 0.4) is 0 Å². The number of aryl methyl sites for hydroxylation is 2. The van der Waals surface area contributed by atoms with E-state index in [2.05, 4.69) is 11.3 Å². The predicted octanol–water partition coefficient (Wildman–Crippen LogP) is 2.49. The van der Waals surface area contributed by atoms with Gasteiger partial charge in [-0.05, 0) is 24.3 Å². The third kappa shape index (κ3) is 3.08. The molecule has 0 spiro atoms. The summed E-state index contributed by atoms with van der Waals surface area (Å²) in [6, 6.07) is 0. The lowest BCUT2D eigenvalue weighted by Crippen LogP contribution is -2.07. The molecule has 0 atom stereocenters. The summed E-state index contributed by atoms with van der Waals surface area (Å²) in [7, 11) is 1.91. The van der Waals surface area contributed by atoms with E-state index in [1.807, 2.05) is 11.7 Å². The molecule has 1 aliphatic rings. The molecule has 17 heavy (non-hydrogen) atoms. The number of aliphatic carboxylic acids is 1. The van der Waals surface area contributed by atoms with Gasteiger partial charge in [0.05, 0.1) is 12.1 Å². The molecule has 94 valence electrons. The predicted molar refractivity (Wildman–Crippen MR) is 65.0 cm³/mol. The second-order valence-corrected chi connectivity index (χ2v) is 4.93. The Morgan fingerprint density at radius 2 is 2.18 bits per heavy atom. The van der Waals surface area contributed by atoms with Gasteiger partial charge < -0.3 is 5.11 Å². The molecule has 0 aliphatic heterocycles. The molecule has 1 N–H and O–H groups in total. The fourth-order valence-corrected chi connectivity index (χ4v) is 2.73. The summed E-state index contributed by atoms with van der Waals surface area (Å²) >= 11 is 0. The van der Waals surface area contributed by atoms with Gasteiger partial charge in [-0.3, -0.25) is 9.48 Å². The molecule has 1 heterocycles. The molecule has 0 radical (unpaired) electrons. The highest BCUT2D eigenvalue weighted by atomic mass is 16.4. The van der Waals surface area contributed by atoms with E-state index in [-0.39, 0.29) is 6.42 Å². The van der Waals surface area contributed by atoms with Gasteiger partial charge in [0.15, 0.2) is 0 Å². The summed E-state index contributed by atoms with van der Waals surface area (Å²) in [5.74, 6) is -0.147. The zero-order valence-corrected chi connectivity index (χ0v) is 10.4. The number of carboxylic acids is 1. The molecular formula is C13H20N2O2. The van der Waals surface area contributed by atoms with E-state index in [4.69, 9.17) is 5.11 Å². The molecule has 1 aliphatic carbocycles. The number of rotatable bonds is 4. The van der Waals surface area contributed by atoms with Crippen LogP contribution in [0.25, 0.3) is 0 Å². The Labute approximate surface area is 102 Å².